The second kappa shape index (κ2) is 64.5. The molecule has 1 fully saturated rings. The van der Waals surface area contributed by atoms with Gasteiger partial charge in [-0.1, -0.05) is 293 Å². The van der Waals surface area contributed by atoms with E-state index in [0.717, 1.165) is 116 Å². The van der Waals surface area contributed by atoms with Gasteiger partial charge in [-0.05, 0) is 128 Å². The van der Waals surface area contributed by atoms with Crippen molar-refractivity contribution in [2.75, 3.05) is 13.2 Å². The maximum absolute atomic E-state index is 13.1. The smallest absolute Gasteiger partial charge is 0.220 e. The summed E-state index contributed by atoms with van der Waals surface area (Å²) in [5.41, 5.74) is 0. The first-order valence-corrected chi connectivity index (χ1v) is 34.9. The van der Waals surface area contributed by atoms with E-state index in [1.54, 1.807) is 6.08 Å². The van der Waals surface area contributed by atoms with Crippen molar-refractivity contribution in [3.63, 3.8) is 0 Å². The van der Waals surface area contributed by atoms with Crippen LogP contribution in [0.2, 0.25) is 0 Å². The number of hydrogen-bond donors (Lipinski definition) is 6. The molecular weight excluding hydrogens is 1080 g/mol. The standard InChI is InChI=1S/C78H127NO8/c1-3-5-7-9-11-13-15-17-19-21-23-25-27-29-31-32-33-34-35-36-37-38-39-40-42-44-46-48-50-52-54-56-58-60-62-64-66-68-74(82)79-71(70-86-78-77(85)76(84)75(83)73(69-80)87-78)72(81)67-65-63-61-59-57-55-53-51-49-47-45-43-41-30-28-26-24-22-20-18-16-14-12-10-8-6-4-2/h5,7,11,13,17,19,23,25,29,31,33-34,36-37,39-40,44,46,49-52,56-59,65,67,71-73,75-78,80-81,83-85H,3-4,6,8-10,12,14-16,18,20-22,24,26-28,30,32,35,38,41-43,45,47-48,53-55,60-64,66,68-70H2,1-2H3,(H,79,82)/b7-5-,13-11-,19-17-,25-23-,31-29-,34-33-,37-36-,40-39-,46-44-,51-49+,52-50-,58-56-,59-57+,67-65+. The van der Waals surface area contributed by atoms with Crippen molar-refractivity contribution in [1.29, 1.82) is 0 Å². The Labute approximate surface area is 532 Å². The van der Waals surface area contributed by atoms with E-state index in [-0.39, 0.29) is 18.9 Å². The molecule has 1 amide bonds. The highest BCUT2D eigenvalue weighted by atomic mass is 16.7. The number of rotatable bonds is 58. The third kappa shape index (κ3) is 53.1. The number of aliphatic hydroxyl groups is 5. The summed E-state index contributed by atoms with van der Waals surface area (Å²) in [6.07, 6.45) is 95.9. The molecule has 1 saturated heterocycles. The molecule has 0 spiro atoms. The second-order valence-corrected chi connectivity index (χ2v) is 23.2. The summed E-state index contributed by atoms with van der Waals surface area (Å²) in [7, 11) is 0. The van der Waals surface area contributed by atoms with Crippen LogP contribution < -0.4 is 5.32 Å². The average molecular weight is 1210 g/mol. The van der Waals surface area contributed by atoms with E-state index in [9.17, 15) is 30.3 Å². The predicted octanol–water partition coefficient (Wildman–Crippen LogP) is 19.3. The van der Waals surface area contributed by atoms with Crippen molar-refractivity contribution in [3.05, 3.63) is 170 Å². The number of allylic oxidation sites excluding steroid dienone is 27. The lowest BCUT2D eigenvalue weighted by Gasteiger charge is -2.40. The molecule has 0 aromatic carbocycles. The molecule has 0 aromatic heterocycles. The molecule has 1 aliphatic heterocycles. The maximum atomic E-state index is 13.1. The Hall–Kier alpha value is -4.45. The van der Waals surface area contributed by atoms with Crippen LogP contribution in [0.3, 0.4) is 0 Å². The Morgan fingerprint density at radius 2 is 0.724 bits per heavy atom. The fourth-order valence-corrected chi connectivity index (χ4v) is 9.84. The SMILES string of the molecule is CC/C=C\C/C=C\C/C=C\C/C=C\C/C=C\C/C=C\C/C=C\C/C=C\C/C=C\C/C=C\C/C=C\CCCCCC(=O)NC(COC1OC(CO)C(O)C(O)C1O)C(O)/C=C/CC/C=C/CC/C=C/CCCCCCCCCCCCCCCCCCC. The number of hydrogen-bond acceptors (Lipinski definition) is 8. The van der Waals surface area contributed by atoms with Crippen molar-refractivity contribution >= 4 is 5.91 Å². The Morgan fingerprint density at radius 3 is 1.10 bits per heavy atom. The summed E-state index contributed by atoms with van der Waals surface area (Å²) in [4.78, 5) is 13.1. The average Bonchev–Trinajstić information content (AvgIpc) is 3.37. The van der Waals surface area contributed by atoms with Crippen molar-refractivity contribution in [3.8, 4) is 0 Å². The van der Waals surface area contributed by atoms with Gasteiger partial charge in [-0.15, -0.1) is 0 Å². The van der Waals surface area contributed by atoms with Gasteiger partial charge in [-0.25, -0.2) is 0 Å². The van der Waals surface area contributed by atoms with Gasteiger partial charge in [0.15, 0.2) is 6.29 Å². The molecule has 0 radical (unpaired) electrons. The molecular formula is C78H127NO8. The number of nitrogens with one attached hydrogen (secondary N) is 1. The maximum Gasteiger partial charge on any atom is 0.220 e. The molecule has 0 aromatic rings. The number of amides is 1. The van der Waals surface area contributed by atoms with Crippen LogP contribution in [0, 0.1) is 0 Å². The molecule has 0 aliphatic carbocycles. The van der Waals surface area contributed by atoms with E-state index in [1.807, 2.05) is 6.08 Å². The first-order valence-electron chi connectivity index (χ1n) is 34.9. The molecule has 1 rings (SSSR count). The zero-order valence-electron chi connectivity index (χ0n) is 55.0. The minimum absolute atomic E-state index is 0.228. The lowest BCUT2D eigenvalue weighted by molar-refractivity contribution is -0.302. The number of carbonyl (C=O) groups excluding carboxylic acids is 1. The van der Waals surface area contributed by atoms with E-state index in [1.165, 1.54) is 109 Å². The molecule has 1 aliphatic rings. The van der Waals surface area contributed by atoms with Gasteiger partial charge in [0, 0.05) is 6.42 Å². The highest BCUT2D eigenvalue weighted by Gasteiger charge is 2.44. The Balaban J connectivity index is 2.25. The van der Waals surface area contributed by atoms with Gasteiger partial charge in [-0.3, -0.25) is 4.79 Å². The third-order valence-corrected chi connectivity index (χ3v) is 15.3. The van der Waals surface area contributed by atoms with Crippen LogP contribution in [-0.2, 0) is 14.3 Å². The minimum Gasteiger partial charge on any atom is -0.394 e. The zero-order chi connectivity index (χ0) is 62.8. The highest BCUT2D eigenvalue weighted by Crippen LogP contribution is 2.23. The molecule has 9 heteroatoms. The van der Waals surface area contributed by atoms with Gasteiger partial charge < -0.3 is 40.3 Å². The van der Waals surface area contributed by atoms with Crippen LogP contribution in [0.15, 0.2) is 170 Å². The predicted molar refractivity (Wildman–Crippen MR) is 372 cm³/mol. The third-order valence-electron chi connectivity index (χ3n) is 15.3. The molecule has 9 nitrogen and oxygen atoms in total. The molecule has 7 atom stereocenters. The van der Waals surface area contributed by atoms with Crippen LogP contribution in [0.5, 0.6) is 0 Å². The Morgan fingerprint density at radius 1 is 0.402 bits per heavy atom. The van der Waals surface area contributed by atoms with Crippen LogP contribution in [0.4, 0.5) is 0 Å². The molecule has 0 bridgehead atoms. The fourth-order valence-electron chi connectivity index (χ4n) is 9.84. The lowest BCUT2D eigenvalue weighted by atomic mass is 9.99. The number of unbranched alkanes of at least 4 members (excludes halogenated alkanes) is 22. The fraction of sp³-hybridized carbons (Fsp3) is 0.628. The zero-order valence-corrected chi connectivity index (χ0v) is 55.0. The van der Waals surface area contributed by atoms with Crippen molar-refractivity contribution in [2.24, 2.45) is 0 Å². The second-order valence-electron chi connectivity index (χ2n) is 23.2. The van der Waals surface area contributed by atoms with Crippen LogP contribution in [0.25, 0.3) is 0 Å². The summed E-state index contributed by atoms with van der Waals surface area (Å²) in [5, 5.41) is 54.7. The highest BCUT2D eigenvalue weighted by molar-refractivity contribution is 5.76. The van der Waals surface area contributed by atoms with E-state index < -0.39 is 49.5 Å². The van der Waals surface area contributed by atoms with E-state index in [4.69, 9.17) is 9.47 Å². The number of ether oxygens (including phenoxy) is 2. The van der Waals surface area contributed by atoms with Crippen molar-refractivity contribution in [1.82, 2.24) is 5.32 Å². The van der Waals surface area contributed by atoms with Crippen molar-refractivity contribution < 1.29 is 39.8 Å². The first-order chi connectivity index (χ1) is 42.8. The van der Waals surface area contributed by atoms with Crippen LogP contribution in [0.1, 0.15) is 258 Å². The van der Waals surface area contributed by atoms with Gasteiger partial charge in [0.05, 0.1) is 25.4 Å². The quantitative estimate of drug-likeness (QED) is 0.0261. The monoisotopic (exact) mass is 1210 g/mol. The van der Waals surface area contributed by atoms with Gasteiger partial charge in [0.2, 0.25) is 5.91 Å². The number of carbonyl (C=O) groups is 1. The molecule has 6 N–H and O–H groups in total. The normalized spacial score (nSPS) is 19.1. The Kier molecular flexibility index (Phi) is 59.8. The van der Waals surface area contributed by atoms with Gasteiger partial charge in [0.25, 0.3) is 0 Å². The Bertz CT molecular complexity index is 1980. The van der Waals surface area contributed by atoms with Gasteiger partial charge >= 0.3 is 0 Å². The summed E-state index contributed by atoms with van der Waals surface area (Å²) in [6.45, 7) is 3.63. The summed E-state index contributed by atoms with van der Waals surface area (Å²) in [5.74, 6) is -0.228. The molecule has 0 saturated carbocycles. The van der Waals surface area contributed by atoms with E-state index >= 15 is 0 Å². The summed E-state index contributed by atoms with van der Waals surface area (Å²) < 4.78 is 11.3. The van der Waals surface area contributed by atoms with Crippen LogP contribution in [-0.4, -0.2) is 87.5 Å². The largest absolute Gasteiger partial charge is 0.394 e. The molecule has 7 unspecified atom stereocenters. The number of aliphatic hydroxyl groups excluding tert-OH is 5. The lowest BCUT2D eigenvalue weighted by Crippen LogP contribution is -2.60. The summed E-state index contributed by atoms with van der Waals surface area (Å²) >= 11 is 0. The van der Waals surface area contributed by atoms with Crippen molar-refractivity contribution in [2.45, 2.75) is 301 Å². The van der Waals surface area contributed by atoms with E-state index in [0.29, 0.717) is 12.8 Å². The molecule has 1 heterocycles. The summed E-state index contributed by atoms with van der Waals surface area (Å²) in [6, 6.07) is -0.862. The first kappa shape index (κ1) is 80.6. The molecule has 492 valence electrons. The topological polar surface area (TPSA) is 149 Å². The van der Waals surface area contributed by atoms with Gasteiger partial charge in [0.1, 0.15) is 24.4 Å². The van der Waals surface area contributed by atoms with Gasteiger partial charge in [-0.2, -0.15) is 0 Å². The van der Waals surface area contributed by atoms with Crippen LogP contribution >= 0.6 is 0 Å². The van der Waals surface area contributed by atoms with E-state index in [2.05, 4.69) is 177 Å². The minimum atomic E-state index is -1.59. The molecule has 87 heavy (non-hydrogen) atoms.